The number of benzene rings is 1. The Hall–Kier alpha value is -0.280. The molecule has 1 heterocycles. The molecule has 0 aromatic heterocycles. The zero-order valence-corrected chi connectivity index (χ0v) is 10.0. The van der Waals surface area contributed by atoms with Gasteiger partial charge in [0.25, 0.3) is 0 Å². The maximum absolute atomic E-state index is 9.58. The lowest BCUT2D eigenvalue weighted by atomic mass is 9.96. The van der Waals surface area contributed by atoms with Crippen LogP contribution in [0, 0.1) is 0 Å². The van der Waals surface area contributed by atoms with Gasteiger partial charge in [-0.05, 0) is 18.6 Å². The summed E-state index contributed by atoms with van der Waals surface area (Å²) in [4.78, 5) is 2.14. The number of nitrogens with zero attached hydrogens (tertiary/aromatic N) is 1. The molecule has 0 atom stereocenters. The van der Waals surface area contributed by atoms with Crippen LogP contribution in [0.5, 0.6) is 0 Å². The Kier molecular flexibility index (Phi) is 2.95. The van der Waals surface area contributed by atoms with Crippen LogP contribution in [0.1, 0.15) is 12.5 Å². The number of hydrogen-bond donors (Lipinski definition) is 1. The second-order valence-corrected chi connectivity index (χ2v) is 5.14. The summed E-state index contributed by atoms with van der Waals surface area (Å²) >= 11 is 12.0. The van der Waals surface area contributed by atoms with E-state index in [1.54, 1.807) is 6.07 Å². The molecular formula is C11H13Cl2NO. The molecule has 0 saturated carbocycles. The first kappa shape index (κ1) is 11.2. The van der Waals surface area contributed by atoms with E-state index in [1.807, 2.05) is 19.1 Å². The van der Waals surface area contributed by atoms with Crippen molar-refractivity contribution in [2.24, 2.45) is 0 Å². The van der Waals surface area contributed by atoms with Crippen molar-refractivity contribution in [2.45, 2.75) is 19.1 Å². The molecule has 0 spiro atoms. The van der Waals surface area contributed by atoms with Crippen molar-refractivity contribution in [2.75, 3.05) is 13.1 Å². The summed E-state index contributed by atoms with van der Waals surface area (Å²) < 4.78 is 0. The lowest BCUT2D eigenvalue weighted by molar-refractivity contribution is -0.0871. The Labute approximate surface area is 99.4 Å². The first-order valence-corrected chi connectivity index (χ1v) is 5.61. The van der Waals surface area contributed by atoms with Gasteiger partial charge in [0.05, 0.1) is 15.6 Å². The Morgan fingerprint density at radius 1 is 1.40 bits per heavy atom. The van der Waals surface area contributed by atoms with Crippen LogP contribution in [0.3, 0.4) is 0 Å². The van der Waals surface area contributed by atoms with Crippen LogP contribution in [0.2, 0.25) is 10.0 Å². The zero-order chi connectivity index (χ0) is 11.1. The van der Waals surface area contributed by atoms with Crippen molar-refractivity contribution in [1.29, 1.82) is 0 Å². The van der Waals surface area contributed by atoms with Crippen molar-refractivity contribution in [1.82, 2.24) is 4.90 Å². The topological polar surface area (TPSA) is 23.5 Å². The summed E-state index contributed by atoms with van der Waals surface area (Å²) in [7, 11) is 0. The second kappa shape index (κ2) is 3.95. The average molecular weight is 246 g/mol. The molecule has 1 aromatic carbocycles. The highest BCUT2D eigenvalue weighted by atomic mass is 35.5. The van der Waals surface area contributed by atoms with Gasteiger partial charge in [0, 0.05) is 19.6 Å². The fraction of sp³-hybridized carbons (Fsp3) is 0.455. The average Bonchev–Trinajstić information content (AvgIpc) is 2.10. The minimum absolute atomic E-state index is 0.537. The van der Waals surface area contributed by atoms with Gasteiger partial charge in [-0.1, -0.05) is 35.3 Å². The maximum Gasteiger partial charge on any atom is 0.0872 e. The van der Waals surface area contributed by atoms with E-state index in [-0.39, 0.29) is 0 Å². The summed E-state index contributed by atoms with van der Waals surface area (Å²) in [6, 6.07) is 5.63. The molecule has 1 N–H and O–H groups in total. The predicted octanol–water partition coefficient (Wildman–Crippen LogP) is 2.56. The molecule has 0 aliphatic carbocycles. The highest BCUT2D eigenvalue weighted by molar-refractivity contribution is 6.42. The maximum atomic E-state index is 9.58. The van der Waals surface area contributed by atoms with Gasteiger partial charge in [-0.25, -0.2) is 0 Å². The lowest BCUT2D eigenvalue weighted by Crippen LogP contribution is -2.59. The summed E-state index contributed by atoms with van der Waals surface area (Å²) in [6.45, 7) is 3.96. The van der Waals surface area contributed by atoms with E-state index in [1.165, 1.54) is 0 Å². The van der Waals surface area contributed by atoms with E-state index in [9.17, 15) is 5.11 Å². The molecule has 2 rings (SSSR count). The summed E-state index contributed by atoms with van der Waals surface area (Å²) in [6.07, 6.45) is 0. The van der Waals surface area contributed by atoms with Crippen molar-refractivity contribution in [3.05, 3.63) is 33.8 Å². The van der Waals surface area contributed by atoms with E-state index >= 15 is 0 Å². The molecule has 1 aliphatic rings. The first-order chi connectivity index (χ1) is 6.98. The number of aliphatic hydroxyl groups is 1. The van der Waals surface area contributed by atoms with Crippen molar-refractivity contribution < 1.29 is 5.11 Å². The van der Waals surface area contributed by atoms with Gasteiger partial charge in [-0.15, -0.1) is 0 Å². The van der Waals surface area contributed by atoms with Gasteiger partial charge in [0.1, 0.15) is 0 Å². The lowest BCUT2D eigenvalue weighted by Gasteiger charge is -2.44. The van der Waals surface area contributed by atoms with Crippen LogP contribution in [-0.2, 0) is 6.54 Å². The molecule has 82 valence electrons. The fourth-order valence-electron chi connectivity index (χ4n) is 1.94. The van der Waals surface area contributed by atoms with Crippen molar-refractivity contribution in [3.8, 4) is 0 Å². The van der Waals surface area contributed by atoms with Crippen LogP contribution >= 0.6 is 23.2 Å². The van der Waals surface area contributed by atoms with Gasteiger partial charge < -0.3 is 5.11 Å². The Bertz CT molecular complexity index is 371. The smallest absolute Gasteiger partial charge is 0.0872 e. The number of rotatable bonds is 2. The molecule has 0 unspecified atom stereocenters. The van der Waals surface area contributed by atoms with E-state index in [2.05, 4.69) is 4.90 Å². The molecular weight excluding hydrogens is 233 g/mol. The summed E-state index contributed by atoms with van der Waals surface area (Å²) in [5.41, 5.74) is 0.477. The van der Waals surface area contributed by atoms with Gasteiger partial charge in [-0.2, -0.15) is 0 Å². The molecule has 0 radical (unpaired) electrons. The van der Waals surface area contributed by atoms with Crippen LogP contribution in [-0.4, -0.2) is 28.7 Å². The third kappa shape index (κ3) is 2.45. The monoisotopic (exact) mass is 245 g/mol. The van der Waals surface area contributed by atoms with Crippen molar-refractivity contribution in [3.63, 3.8) is 0 Å². The quantitative estimate of drug-likeness (QED) is 0.866. The Morgan fingerprint density at radius 2 is 2.07 bits per heavy atom. The van der Waals surface area contributed by atoms with Crippen molar-refractivity contribution >= 4 is 23.2 Å². The van der Waals surface area contributed by atoms with Crippen LogP contribution in [0.25, 0.3) is 0 Å². The molecule has 4 heteroatoms. The van der Waals surface area contributed by atoms with E-state index < -0.39 is 5.60 Å². The highest BCUT2D eigenvalue weighted by Gasteiger charge is 2.36. The fourth-order valence-corrected chi connectivity index (χ4v) is 2.32. The number of hydrogen-bond acceptors (Lipinski definition) is 2. The third-order valence-corrected chi connectivity index (χ3v) is 3.41. The normalized spacial score (nSPS) is 20.0. The van der Waals surface area contributed by atoms with Gasteiger partial charge in [-0.3, -0.25) is 4.90 Å². The number of β-amino-alcohol motifs (C(OH)–C–C–N with tert-alkyl or cyclic N) is 1. The molecule has 1 fully saturated rings. The number of likely N-dealkylation sites (tertiary alicyclic amines) is 1. The SMILES string of the molecule is CC1(O)CN(Cc2cccc(Cl)c2Cl)C1. The Balaban J connectivity index is 2.03. The van der Waals surface area contributed by atoms with Crippen LogP contribution < -0.4 is 0 Å². The molecule has 1 aromatic rings. The Morgan fingerprint density at radius 3 is 2.67 bits per heavy atom. The molecule has 0 bridgehead atoms. The van der Waals surface area contributed by atoms with E-state index in [4.69, 9.17) is 23.2 Å². The standard InChI is InChI=1S/C11H13Cl2NO/c1-11(15)6-14(7-11)5-8-3-2-4-9(12)10(8)13/h2-4,15H,5-7H2,1H3. The summed E-state index contributed by atoms with van der Waals surface area (Å²) in [5, 5.41) is 10.8. The molecule has 0 amide bonds. The van der Waals surface area contributed by atoms with E-state index in [0.717, 1.165) is 12.1 Å². The third-order valence-electron chi connectivity index (χ3n) is 2.55. The molecule has 2 nitrogen and oxygen atoms in total. The van der Waals surface area contributed by atoms with Gasteiger partial charge in [0.2, 0.25) is 0 Å². The minimum atomic E-state index is -0.537. The summed E-state index contributed by atoms with van der Waals surface area (Å²) in [5.74, 6) is 0. The van der Waals surface area contributed by atoms with Gasteiger partial charge >= 0.3 is 0 Å². The molecule has 15 heavy (non-hydrogen) atoms. The zero-order valence-electron chi connectivity index (χ0n) is 8.50. The highest BCUT2D eigenvalue weighted by Crippen LogP contribution is 2.29. The second-order valence-electron chi connectivity index (χ2n) is 4.36. The molecule has 1 saturated heterocycles. The largest absolute Gasteiger partial charge is 0.388 e. The minimum Gasteiger partial charge on any atom is -0.388 e. The van der Waals surface area contributed by atoms with Crippen LogP contribution in [0.15, 0.2) is 18.2 Å². The number of halogens is 2. The van der Waals surface area contributed by atoms with Crippen LogP contribution in [0.4, 0.5) is 0 Å². The van der Waals surface area contributed by atoms with Gasteiger partial charge in [0.15, 0.2) is 0 Å². The predicted molar refractivity (Wildman–Crippen MR) is 62.4 cm³/mol. The first-order valence-electron chi connectivity index (χ1n) is 4.85. The van der Waals surface area contributed by atoms with E-state index in [0.29, 0.717) is 23.1 Å². The molecule has 1 aliphatic heterocycles.